The van der Waals surface area contributed by atoms with E-state index in [0.717, 1.165) is 61.4 Å². The highest BCUT2D eigenvalue weighted by molar-refractivity contribution is 5.96. The molecule has 3 N–H and O–H groups in total. The van der Waals surface area contributed by atoms with E-state index >= 15 is 0 Å². The van der Waals surface area contributed by atoms with E-state index in [1.165, 1.54) is 12.8 Å². The van der Waals surface area contributed by atoms with Crippen molar-refractivity contribution in [1.29, 1.82) is 0 Å². The lowest BCUT2D eigenvalue weighted by molar-refractivity contribution is -0.829. The summed E-state index contributed by atoms with van der Waals surface area (Å²) in [7, 11) is 1.62. The van der Waals surface area contributed by atoms with E-state index in [9.17, 15) is 9.59 Å². The molecule has 194 valence electrons. The smallest absolute Gasteiger partial charge is 0.414 e. The maximum atomic E-state index is 12.9. The van der Waals surface area contributed by atoms with Crippen LogP contribution < -0.4 is 20.6 Å². The summed E-state index contributed by atoms with van der Waals surface area (Å²) in [5.41, 5.74) is 6.24. The van der Waals surface area contributed by atoms with Crippen LogP contribution >= 0.6 is 0 Å². The third-order valence-corrected chi connectivity index (χ3v) is 7.12. The average molecular weight is 496 g/mol. The highest BCUT2D eigenvalue weighted by Gasteiger charge is 2.34. The normalized spacial score (nSPS) is 16.9. The number of cyclic esters (lactones) is 1. The van der Waals surface area contributed by atoms with Gasteiger partial charge in [0.05, 0.1) is 12.8 Å². The van der Waals surface area contributed by atoms with E-state index in [0.29, 0.717) is 12.2 Å². The number of unbranched alkanes of at least 4 members (excludes halogenated alkanes) is 2. The van der Waals surface area contributed by atoms with Crippen LogP contribution in [0, 0.1) is 0 Å². The van der Waals surface area contributed by atoms with Crippen molar-refractivity contribution in [2.45, 2.75) is 71.1 Å². The molecule has 0 saturated carbocycles. The maximum Gasteiger partial charge on any atom is 0.414 e. The summed E-state index contributed by atoms with van der Waals surface area (Å²) in [6, 6.07) is 14.0. The molecule has 8 nitrogen and oxygen atoms in total. The van der Waals surface area contributed by atoms with Gasteiger partial charge in [-0.2, -0.15) is 5.48 Å². The van der Waals surface area contributed by atoms with Crippen LogP contribution in [0.15, 0.2) is 42.5 Å². The van der Waals surface area contributed by atoms with Crippen molar-refractivity contribution < 1.29 is 24.6 Å². The van der Waals surface area contributed by atoms with Gasteiger partial charge >= 0.3 is 6.09 Å². The number of amides is 2. The van der Waals surface area contributed by atoms with Gasteiger partial charge in [0.1, 0.15) is 12.3 Å². The molecule has 8 heteroatoms. The number of quaternary nitrogens is 1. The molecule has 1 unspecified atom stereocenters. The number of para-hydroxylation sites is 1. The lowest BCUT2D eigenvalue weighted by Gasteiger charge is -2.40. The fraction of sp³-hybridized carbons (Fsp3) is 0.500. The second-order valence-corrected chi connectivity index (χ2v) is 9.77. The van der Waals surface area contributed by atoms with Crippen LogP contribution in [0.4, 0.5) is 21.9 Å². The van der Waals surface area contributed by atoms with Crippen LogP contribution in [0.25, 0.3) is 0 Å². The Morgan fingerprint density at radius 3 is 2.69 bits per heavy atom. The first-order valence-corrected chi connectivity index (χ1v) is 13.1. The number of anilines is 2. The summed E-state index contributed by atoms with van der Waals surface area (Å²) < 4.78 is 5.44. The summed E-state index contributed by atoms with van der Waals surface area (Å²) in [5.74, 6) is -0.0581. The van der Waals surface area contributed by atoms with Gasteiger partial charge in [-0.05, 0) is 44.4 Å². The Balaban J connectivity index is 1.42. The molecule has 2 aliphatic rings. The number of ether oxygens (including phenoxy) is 1. The molecule has 2 heterocycles. The van der Waals surface area contributed by atoms with Crippen molar-refractivity contribution in [2.24, 2.45) is 0 Å². The van der Waals surface area contributed by atoms with Crippen LogP contribution in [0.5, 0.6) is 0 Å². The second-order valence-electron chi connectivity index (χ2n) is 9.77. The predicted molar refractivity (Wildman–Crippen MR) is 140 cm³/mol. The molecule has 4 rings (SSSR count). The summed E-state index contributed by atoms with van der Waals surface area (Å²) in [6.07, 6.45) is 5.85. The molecule has 1 saturated heterocycles. The van der Waals surface area contributed by atoms with Crippen molar-refractivity contribution >= 4 is 29.1 Å². The molecule has 0 radical (unpaired) electrons. The molecule has 2 aromatic rings. The minimum Gasteiger partial charge on any atom is -0.444 e. The topological polar surface area (TPSA) is 87.7 Å². The minimum atomic E-state index is -0.264. The summed E-state index contributed by atoms with van der Waals surface area (Å²) in [5, 5.41) is 3.12. The molecule has 1 fully saturated rings. The first-order chi connectivity index (χ1) is 17.5. The molecule has 2 aromatic carbocycles. The SMILES string of the molecule is CCCCCC(C)NC(=O)c1ccc(N2CCC(N3C(=O)OCc4ccccc43)CC2)c([NH2+]OC)c1. The third kappa shape index (κ3) is 5.99. The van der Waals surface area contributed by atoms with E-state index < -0.39 is 0 Å². The lowest BCUT2D eigenvalue weighted by atomic mass is 9.99. The average Bonchev–Trinajstić information content (AvgIpc) is 2.89. The van der Waals surface area contributed by atoms with Crippen LogP contribution in [-0.2, 0) is 16.2 Å². The Hall–Kier alpha value is -3.10. The van der Waals surface area contributed by atoms with E-state index in [-0.39, 0.29) is 24.1 Å². The van der Waals surface area contributed by atoms with Gasteiger partial charge in [-0.15, -0.1) is 0 Å². The van der Waals surface area contributed by atoms with Gasteiger partial charge in [-0.25, -0.2) is 9.63 Å². The number of hydrogen-bond donors (Lipinski definition) is 2. The van der Waals surface area contributed by atoms with Crippen molar-refractivity contribution in [1.82, 2.24) is 5.32 Å². The Morgan fingerprint density at radius 2 is 1.94 bits per heavy atom. The van der Waals surface area contributed by atoms with Crippen molar-refractivity contribution in [3.05, 3.63) is 53.6 Å². The molecule has 1 atom stereocenters. The lowest BCUT2D eigenvalue weighted by Crippen LogP contribution is -2.76. The fourth-order valence-corrected chi connectivity index (χ4v) is 5.17. The third-order valence-electron chi connectivity index (χ3n) is 7.12. The van der Waals surface area contributed by atoms with Crippen LogP contribution in [0.1, 0.15) is 68.3 Å². The first kappa shape index (κ1) is 26.0. The number of nitrogens with two attached hydrogens (primary N) is 1. The van der Waals surface area contributed by atoms with Crippen LogP contribution in [-0.4, -0.2) is 44.3 Å². The maximum absolute atomic E-state index is 12.9. The van der Waals surface area contributed by atoms with Gasteiger partial charge in [0.15, 0.2) is 5.69 Å². The van der Waals surface area contributed by atoms with Gasteiger partial charge in [0, 0.05) is 42.4 Å². The van der Waals surface area contributed by atoms with Gasteiger partial charge in [-0.3, -0.25) is 9.69 Å². The molecule has 36 heavy (non-hydrogen) atoms. The second kappa shape index (κ2) is 12.2. The largest absolute Gasteiger partial charge is 0.444 e. The molecule has 2 amide bonds. The number of nitrogens with zero attached hydrogens (tertiary/aromatic N) is 2. The first-order valence-electron chi connectivity index (χ1n) is 13.1. The van der Waals surface area contributed by atoms with Crippen LogP contribution in [0.2, 0.25) is 0 Å². The Morgan fingerprint density at radius 1 is 1.17 bits per heavy atom. The number of hydrogen-bond acceptors (Lipinski definition) is 5. The number of nitrogens with one attached hydrogen (secondary N) is 1. The Labute approximate surface area is 213 Å². The number of benzene rings is 2. The van der Waals surface area contributed by atoms with Gasteiger partial charge < -0.3 is 15.0 Å². The Bertz CT molecular complexity index is 1050. The zero-order valence-corrected chi connectivity index (χ0v) is 21.7. The molecular weight excluding hydrogens is 456 g/mol. The van der Waals surface area contributed by atoms with Gasteiger partial charge in [0.2, 0.25) is 0 Å². The molecule has 0 bridgehead atoms. The number of carbonyl (C=O) groups is 2. The standard InChI is InChI=1S/C28H38N4O4/c1-4-5-6-9-20(2)29-27(33)21-12-13-26(24(18-21)30-35-3)31-16-14-23(15-17-31)32-25-11-8-7-10-22(25)19-36-28(32)34/h7-8,10-13,18,20,23,30H,4-6,9,14-17,19H2,1-3H3,(H,29,33)/p+1. The summed E-state index contributed by atoms with van der Waals surface area (Å²) in [6.45, 7) is 6.16. The summed E-state index contributed by atoms with van der Waals surface area (Å²) in [4.78, 5) is 35.0. The van der Waals surface area contributed by atoms with Crippen molar-refractivity contribution in [3.63, 3.8) is 0 Å². The van der Waals surface area contributed by atoms with E-state index in [4.69, 9.17) is 9.57 Å². The fourth-order valence-electron chi connectivity index (χ4n) is 5.17. The van der Waals surface area contributed by atoms with E-state index in [1.54, 1.807) is 12.6 Å². The van der Waals surface area contributed by atoms with Crippen molar-refractivity contribution in [2.75, 3.05) is 30.0 Å². The molecule has 0 aliphatic carbocycles. The zero-order chi connectivity index (χ0) is 25.5. The quantitative estimate of drug-likeness (QED) is 0.292. The minimum absolute atomic E-state index is 0.0581. The van der Waals surface area contributed by atoms with Gasteiger partial charge in [-0.1, -0.05) is 44.4 Å². The highest BCUT2D eigenvalue weighted by Crippen LogP contribution is 2.34. The number of rotatable bonds is 10. The molecule has 0 aromatic heterocycles. The molecule has 2 aliphatic heterocycles. The van der Waals surface area contributed by atoms with Gasteiger partial charge in [0.25, 0.3) is 5.91 Å². The van der Waals surface area contributed by atoms with E-state index in [1.807, 2.05) is 47.4 Å². The monoisotopic (exact) mass is 495 g/mol. The van der Waals surface area contributed by atoms with Crippen molar-refractivity contribution in [3.8, 4) is 0 Å². The Kier molecular flexibility index (Phi) is 8.83. The summed E-state index contributed by atoms with van der Waals surface area (Å²) >= 11 is 0. The highest BCUT2D eigenvalue weighted by atomic mass is 16.6. The zero-order valence-electron chi connectivity index (χ0n) is 21.7. The molecule has 0 spiro atoms. The number of piperidine rings is 1. The number of fused-ring (bicyclic) bond motifs is 1. The molecular formula is C28H39N4O4+. The van der Waals surface area contributed by atoms with Crippen LogP contribution in [0.3, 0.4) is 0 Å². The number of carbonyl (C=O) groups excluding carboxylic acids is 2. The van der Waals surface area contributed by atoms with E-state index in [2.05, 4.69) is 24.1 Å². The predicted octanol–water partition coefficient (Wildman–Crippen LogP) is 4.27.